The Kier molecular flexibility index (Phi) is 2.98. The van der Waals surface area contributed by atoms with Crippen molar-refractivity contribution in [3.63, 3.8) is 0 Å². The highest BCUT2D eigenvalue weighted by atomic mass is 19.1. The van der Waals surface area contributed by atoms with Crippen molar-refractivity contribution in [1.82, 2.24) is 4.98 Å². The summed E-state index contributed by atoms with van der Waals surface area (Å²) in [6, 6.07) is 14.2. The van der Waals surface area contributed by atoms with Crippen LogP contribution in [0.3, 0.4) is 0 Å². The number of hydrogen-bond donors (Lipinski definition) is 1. The molecule has 0 unspecified atom stereocenters. The van der Waals surface area contributed by atoms with Gasteiger partial charge in [-0.3, -0.25) is 4.79 Å². The quantitative estimate of drug-likeness (QED) is 0.515. The van der Waals surface area contributed by atoms with E-state index in [1.54, 1.807) is 36.4 Å². The zero-order valence-electron chi connectivity index (χ0n) is 11.9. The average Bonchev–Trinajstić information content (AvgIpc) is 2.92. The standard InChI is InChI=1S/C19H11F2NO/c20-13-5-6-14-15-7-8-16(21)18(19(15)22-17(14)9-13)12-3-1-11(10-23)2-4-12/h1-10,22H. The minimum absolute atomic E-state index is 0.346. The van der Waals surface area contributed by atoms with E-state index >= 15 is 0 Å². The fourth-order valence-corrected chi connectivity index (χ4v) is 2.93. The number of fused-ring (bicyclic) bond motifs is 3. The molecular weight excluding hydrogens is 296 g/mol. The molecule has 0 aliphatic rings. The van der Waals surface area contributed by atoms with Gasteiger partial charge in [0.2, 0.25) is 0 Å². The lowest BCUT2D eigenvalue weighted by Gasteiger charge is -2.06. The van der Waals surface area contributed by atoms with Gasteiger partial charge < -0.3 is 4.98 Å². The molecule has 23 heavy (non-hydrogen) atoms. The lowest BCUT2D eigenvalue weighted by molar-refractivity contribution is 0.112. The summed E-state index contributed by atoms with van der Waals surface area (Å²) in [7, 11) is 0. The van der Waals surface area contributed by atoms with Crippen molar-refractivity contribution in [2.24, 2.45) is 0 Å². The summed E-state index contributed by atoms with van der Waals surface area (Å²) >= 11 is 0. The van der Waals surface area contributed by atoms with Gasteiger partial charge in [-0.25, -0.2) is 8.78 Å². The molecule has 4 heteroatoms. The monoisotopic (exact) mass is 307 g/mol. The number of carbonyl (C=O) groups is 1. The van der Waals surface area contributed by atoms with E-state index in [1.807, 2.05) is 0 Å². The third-order valence-corrected chi connectivity index (χ3v) is 4.02. The molecule has 0 spiro atoms. The number of aldehydes is 1. The van der Waals surface area contributed by atoms with Crippen LogP contribution in [0.4, 0.5) is 8.78 Å². The van der Waals surface area contributed by atoms with Crippen LogP contribution in [0.15, 0.2) is 54.6 Å². The number of halogens is 2. The first-order chi connectivity index (χ1) is 11.2. The first-order valence-corrected chi connectivity index (χ1v) is 7.12. The van der Waals surface area contributed by atoms with Crippen LogP contribution >= 0.6 is 0 Å². The second-order valence-electron chi connectivity index (χ2n) is 5.40. The number of benzene rings is 3. The summed E-state index contributed by atoms with van der Waals surface area (Å²) < 4.78 is 27.9. The van der Waals surface area contributed by atoms with Crippen molar-refractivity contribution in [3.05, 3.63) is 71.8 Å². The lowest BCUT2D eigenvalue weighted by atomic mass is 10.0. The topological polar surface area (TPSA) is 32.9 Å². The highest BCUT2D eigenvalue weighted by Gasteiger charge is 2.14. The van der Waals surface area contributed by atoms with Gasteiger partial charge >= 0.3 is 0 Å². The van der Waals surface area contributed by atoms with E-state index in [0.717, 1.165) is 17.1 Å². The van der Waals surface area contributed by atoms with Crippen molar-refractivity contribution in [3.8, 4) is 11.1 Å². The van der Waals surface area contributed by atoms with Gasteiger partial charge in [0.05, 0.1) is 5.52 Å². The Labute approximate surface area is 130 Å². The first kappa shape index (κ1) is 13.6. The average molecular weight is 307 g/mol. The fraction of sp³-hybridized carbons (Fsp3) is 0. The van der Waals surface area contributed by atoms with Gasteiger partial charge in [-0.15, -0.1) is 0 Å². The molecule has 1 N–H and O–H groups in total. The summed E-state index contributed by atoms with van der Waals surface area (Å²) in [4.78, 5) is 13.9. The molecule has 0 aliphatic carbocycles. The van der Waals surface area contributed by atoms with E-state index in [9.17, 15) is 13.6 Å². The van der Waals surface area contributed by atoms with Gasteiger partial charge in [-0.05, 0) is 35.9 Å². The van der Waals surface area contributed by atoms with Crippen molar-refractivity contribution in [1.29, 1.82) is 0 Å². The fourth-order valence-electron chi connectivity index (χ4n) is 2.93. The van der Waals surface area contributed by atoms with Crippen LogP contribution in [0.1, 0.15) is 10.4 Å². The van der Waals surface area contributed by atoms with Crippen LogP contribution in [0.2, 0.25) is 0 Å². The van der Waals surface area contributed by atoms with Gasteiger partial charge in [-0.2, -0.15) is 0 Å². The van der Waals surface area contributed by atoms with Crippen LogP contribution in [0, 0.1) is 11.6 Å². The number of carbonyl (C=O) groups excluding carboxylic acids is 1. The second-order valence-corrected chi connectivity index (χ2v) is 5.40. The molecule has 112 valence electrons. The largest absolute Gasteiger partial charge is 0.354 e. The number of aromatic amines is 1. The third-order valence-electron chi connectivity index (χ3n) is 4.02. The molecule has 0 aliphatic heterocycles. The number of hydrogen-bond acceptors (Lipinski definition) is 1. The summed E-state index contributed by atoms with van der Waals surface area (Å²) in [5.41, 5.74) is 2.84. The minimum Gasteiger partial charge on any atom is -0.354 e. The summed E-state index contributed by atoms with van der Waals surface area (Å²) in [5, 5.41) is 1.67. The van der Waals surface area contributed by atoms with Crippen molar-refractivity contribution < 1.29 is 13.6 Å². The normalized spacial score (nSPS) is 11.2. The van der Waals surface area contributed by atoms with Crippen molar-refractivity contribution in [2.75, 3.05) is 0 Å². The Balaban J connectivity index is 2.06. The van der Waals surface area contributed by atoms with Crippen LogP contribution in [0.25, 0.3) is 32.9 Å². The van der Waals surface area contributed by atoms with Gasteiger partial charge in [0, 0.05) is 27.4 Å². The molecule has 2 nitrogen and oxygen atoms in total. The SMILES string of the molecule is O=Cc1ccc(-c2c(F)ccc3c2[nH]c2cc(F)ccc23)cc1. The summed E-state index contributed by atoms with van der Waals surface area (Å²) in [6.45, 7) is 0. The van der Waals surface area contributed by atoms with E-state index in [2.05, 4.69) is 4.98 Å². The van der Waals surface area contributed by atoms with Gasteiger partial charge in [0.1, 0.15) is 17.9 Å². The zero-order valence-corrected chi connectivity index (χ0v) is 11.9. The Hall–Kier alpha value is -3.01. The zero-order chi connectivity index (χ0) is 16.0. The maximum atomic E-state index is 14.4. The minimum atomic E-state index is -0.372. The number of rotatable bonds is 2. The van der Waals surface area contributed by atoms with Crippen LogP contribution in [-0.4, -0.2) is 11.3 Å². The van der Waals surface area contributed by atoms with E-state index in [1.165, 1.54) is 18.2 Å². The molecule has 3 aromatic carbocycles. The number of aromatic nitrogens is 1. The first-order valence-electron chi connectivity index (χ1n) is 7.12. The van der Waals surface area contributed by atoms with Gasteiger partial charge in [-0.1, -0.05) is 24.3 Å². The predicted molar refractivity (Wildman–Crippen MR) is 86.5 cm³/mol. The van der Waals surface area contributed by atoms with Crippen LogP contribution < -0.4 is 0 Å². The molecule has 0 saturated carbocycles. The second kappa shape index (κ2) is 5.02. The number of nitrogens with one attached hydrogen (secondary N) is 1. The molecule has 4 rings (SSSR count). The lowest BCUT2D eigenvalue weighted by Crippen LogP contribution is -1.87. The molecule has 0 bridgehead atoms. The highest BCUT2D eigenvalue weighted by Crippen LogP contribution is 2.35. The van der Waals surface area contributed by atoms with Crippen LogP contribution in [-0.2, 0) is 0 Å². The molecule has 0 atom stereocenters. The summed E-state index contributed by atoms with van der Waals surface area (Å²) in [6.07, 6.45) is 0.742. The Bertz CT molecular complexity index is 1050. The molecule has 1 aromatic heterocycles. The maximum Gasteiger partial charge on any atom is 0.150 e. The van der Waals surface area contributed by atoms with Gasteiger partial charge in [0.15, 0.2) is 0 Å². The van der Waals surface area contributed by atoms with E-state index in [-0.39, 0.29) is 11.6 Å². The molecule has 0 fully saturated rings. The van der Waals surface area contributed by atoms with E-state index in [0.29, 0.717) is 27.7 Å². The number of H-pyrrole nitrogens is 1. The molecular formula is C19H11F2NO. The predicted octanol–water partition coefficient (Wildman–Crippen LogP) is 5.08. The van der Waals surface area contributed by atoms with E-state index in [4.69, 9.17) is 0 Å². The van der Waals surface area contributed by atoms with Gasteiger partial charge in [0.25, 0.3) is 0 Å². The van der Waals surface area contributed by atoms with Crippen molar-refractivity contribution in [2.45, 2.75) is 0 Å². The van der Waals surface area contributed by atoms with Crippen molar-refractivity contribution >= 4 is 28.1 Å². The molecule has 4 aromatic rings. The highest BCUT2D eigenvalue weighted by molar-refractivity contribution is 6.11. The Morgan fingerprint density at radius 2 is 1.61 bits per heavy atom. The Morgan fingerprint density at radius 3 is 2.35 bits per heavy atom. The smallest absolute Gasteiger partial charge is 0.150 e. The summed E-state index contributed by atoms with van der Waals surface area (Å²) in [5.74, 6) is -0.718. The molecule has 0 saturated heterocycles. The van der Waals surface area contributed by atoms with E-state index < -0.39 is 0 Å². The van der Waals surface area contributed by atoms with Crippen LogP contribution in [0.5, 0.6) is 0 Å². The molecule has 0 radical (unpaired) electrons. The third kappa shape index (κ3) is 2.11. The molecule has 0 amide bonds. The Morgan fingerprint density at radius 1 is 0.870 bits per heavy atom. The molecule has 1 heterocycles. The maximum absolute atomic E-state index is 14.4.